The lowest BCUT2D eigenvalue weighted by atomic mass is 9.47. The summed E-state index contributed by atoms with van der Waals surface area (Å²) in [5.41, 5.74) is -1.60. The van der Waals surface area contributed by atoms with Crippen LogP contribution in [0, 0.1) is 16.2 Å². The molecule has 0 aromatic rings. The van der Waals surface area contributed by atoms with E-state index in [2.05, 4.69) is 13.8 Å². The second kappa shape index (κ2) is 7.98. The van der Waals surface area contributed by atoms with Crippen LogP contribution in [-0.4, -0.2) is 22.2 Å². The van der Waals surface area contributed by atoms with Crippen molar-refractivity contribution in [1.82, 2.24) is 0 Å². The van der Waals surface area contributed by atoms with E-state index in [1.807, 2.05) is 27.7 Å². The van der Waals surface area contributed by atoms with Gasteiger partial charge in [0.1, 0.15) is 0 Å². The minimum atomic E-state index is -0.900. The third-order valence-electron chi connectivity index (χ3n) is 6.49. The highest BCUT2D eigenvalue weighted by molar-refractivity contribution is 5.77. The second-order valence-corrected chi connectivity index (χ2v) is 6.99. The Morgan fingerprint density at radius 2 is 1.18 bits per heavy atom. The van der Waals surface area contributed by atoms with Crippen molar-refractivity contribution in [2.75, 3.05) is 0 Å². The molecule has 0 fully saturated rings. The zero-order valence-corrected chi connectivity index (χ0v) is 15.2. The molecule has 0 aliphatic heterocycles. The first-order chi connectivity index (χ1) is 10.1. The molecular weight excluding hydrogens is 280 g/mol. The van der Waals surface area contributed by atoms with Gasteiger partial charge in [-0.3, -0.25) is 9.59 Å². The summed E-state index contributed by atoms with van der Waals surface area (Å²) in [5, 5.41) is 19.2. The predicted octanol–water partition coefficient (Wildman–Crippen LogP) is 4.96. The van der Waals surface area contributed by atoms with Crippen LogP contribution < -0.4 is 0 Å². The van der Waals surface area contributed by atoms with Gasteiger partial charge in [-0.2, -0.15) is 0 Å². The van der Waals surface area contributed by atoms with Gasteiger partial charge in [0.15, 0.2) is 0 Å². The molecule has 0 saturated heterocycles. The van der Waals surface area contributed by atoms with Crippen LogP contribution in [0.4, 0.5) is 0 Å². The Kier molecular flexibility index (Phi) is 7.60. The fraction of sp³-hybridized carbons (Fsp3) is 0.889. The standard InChI is InChI=1S/C18H34O4/c1-7-16(5,8-2)18(15(21)22,13-11-12-14(19)20)17(6,9-3)10-4/h7-13H2,1-6H3,(H,19,20)(H,21,22). The highest BCUT2D eigenvalue weighted by Crippen LogP contribution is 2.61. The van der Waals surface area contributed by atoms with Gasteiger partial charge in [-0.15, -0.1) is 0 Å². The van der Waals surface area contributed by atoms with Gasteiger partial charge in [-0.05, 0) is 49.4 Å². The largest absolute Gasteiger partial charge is 0.481 e. The molecule has 22 heavy (non-hydrogen) atoms. The van der Waals surface area contributed by atoms with E-state index in [1.165, 1.54) is 0 Å². The molecule has 0 heterocycles. The monoisotopic (exact) mass is 314 g/mol. The lowest BCUT2D eigenvalue weighted by Gasteiger charge is -2.55. The van der Waals surface area contributed by atoms with E-state index in [9.17, 15) is 14.7 Å². The van der Waals surface area contributed by atoms with Crippen molar-refractivity contribution in [1.29, 1.82) is 0 Å². The molecule has 2 N–H and O–H groups in total. The summed E-state index contributed by atoms with van der Waals surface area (Å²) in [6.45, 7) is 12.3. The summed E-state index contributed by atoms with van der Waals surface area (Å²) in [6.07, 6.45) is 3.97. The van der Waals surface area contributed by atoms with Crippen LogP contribution in [0.1, 0.15) is 86.5 Å². The van der Waals surface area contributed by atoms with E-state index >= 15 is 0 Å². The molecule has 0 rings (SSSR count). The first-order valence-electron chi connectivity index (χ1n) is 8.56. The van der Waals surface area contributed by atoms with Gasteiger partial charge >= 0.3 is 11.9 Å². The normalized spacial score (nSPS) is 13.2. The molecule has 0 bridgehead atoms. The smallest absolute Gasteiger partial charge is 0.310 e. The zero-order valence-electron chi connectivity index (χ0n) is 15.2. The molecule has 0 radical (unpaired) electrons. The average molecular weight is 314 g/mol. The van der Waals surface area contributed by atoms with Gasteiger partial charge in [0, 0.05) is 6.42 Å². The van der Waals surface area contributed by atoms with Crippen LogP contribution in [0.5, 0.6) is 0 Å². The van der Waals surface area contributed by atoms with Crippen molar-refractivity contribution < 1.29 is 19.8 Å². The Labute approximate surface area is 135 Å². The van der Waals surface area contributed by atoms with Gasteiger partial charge in [-0.25, -0.2) is 0 Å². The number of aliphatic carboxylic acids is 2. The van der Waals surface area contributed by atoms with Gasteiger partial charge in [0.05, 0.1) is 5.41 Å². The molecular formula is C18H34O4. The number of hydrogen-bond donors (Lipinski definition) is 2. The molecule has 0 aromatic heterocycles. The SMILES string of the molecule is CCC(C)(CC)C(CCCC(=O)O)(C(=O)O)C(C)(CC)CC. The van der Waals surface area contributed by atoms with Crippen LogP contribution in [-0.2, 0) is 9.59 Å². The molecule has 0 amide bonds. The van der Waals surface area contributed by atoms with Gasteiger partial charge in [0.2, 0.25) is 0 Å². The topological polar surface area (TPSA) is 74.6 Å². The van der Waals surface area contributed by atoms with E-state index in [-0.39, 0.29) is 17.3 Å². The first kappa shape index (κ1) is 20.9. The highest BCUT2D eigenvalue weighted by atomic mass is 16.4. The second-order valence-electron chi connectivity index (χ2n) is 6.99. The van der Waals surface area contributed by atoms with Crippen LogP contribution in [0.2, 0.25) is 0 Å². The molecule has 0 atom stereocenters. The maximum absolute atomic E-state index is 12.5. The molecule has 0 aromatic carbocycles. The number of rotatable bonds is 11. The van der Waals surface area contributed by atoms with E-state index in [1.54, 1.807) is 0 Å². The maximum Gasteiger partial charge on any atom is 0.310 e. The first-order valence-corrected chi connectivity index (χ1v) is 8.56. The molecule has 0 unspecified atom stereocenters. The lowest BCUT2D eigenvalue weighted by Crippen LogP contribution is -2.56. The highest BCUT2D eigenvalue weighted by Gasteiger charge is 2.60. The van der Waals surface area contributed by atoms with Gasteiger partial charge in [-0.1, -0.05) is 41.5 Å². The van der Waals surface area contributed by atoms with Crippen molar-refractivity contribution in [2.45, 2.75) is 86.5 Å². The number of carboxylic acids is 2. The Morgan fingerprint density at radius 1 is 0.818 bits per heavy atom. The molecule has 0 spiro atoms. The quantitative estimate of drug-likeness (QED) is 0.565. The molecule has 0 aliphatic rings. The van der Waals surface area contributed by atoms with Crippen LogP contribution >= 0.6 is 0 Å². The van der Waals surface area contributed by atoms with Crippen LogP contribution in [0.25, 0.3) is 0 Å². The summed E-state index contributed by atoms with van der Waals surface area (Å²) in [7, 11) is 0. The Morgan fingerprint density at radius 3 is 1.41 bits per heavy atom. The van der Waals surface area contributed by atoms with Crippen LogP contribution in [0.15, 0.2) is 0 Å². The third kappa shape index (κ3) is 3.47. The van der Waals surface area contributed by atoms with Crippen molar-refractivity contribution >= 4 is 11.9 Å². The number of carbonyl (C=O) groups is 2. The van der Waals surface area contributed by atoms with E-state index in [4.69, 9.17) is 5.11 Å². The summed E-state index contributed by atoms with van der Waals surface area (Å²) in [6, 6.07) is 0. The minimum Gasteiger partial charge on any atom is -0.481 e. The summed E-state index contributed by atoms with van der Waals surface area (Å²) in [4.78, 5) is 23.4. The molecule has 4 heteroatoms. The Bertz CT molecular complexity index is 361. The summed E-state index contributed by atoms with van der Waals surface area (Å²) < 4.78 is 0. The summed E-state index contributed by atoms with van der Waals surface area (Å²) >= 11 is 0. The molecule has 4 nitrogen and oxygen atoms in total. The van der Waals surface area contributed by atoms with Crippen molar-refractivity contribution in [3.63, 3.8) is 0 Å². The van der Waals surface area contributed by atoms with Crippen molar-refractivity contribution in [3.05, 3.63) is 0 Å². The average Bonchev–Trinajstić information content (AvgIpc) is 2.49. The fourth-order valence-electron chi connectivity index (χ4n) is 4.17. The van der Waals surface area contributed by atoms with E-state index in [0.29, 0.717) is 12.8 Å². The summed E-state index contributed by atoms with van der Waals surface area (Å²) in [5.74, 6) is -1.63. The number of carboxylic acid groups (broad SMARTS) is 2. The molecule has 130 valence electrons. The maximum atomic E-state index is 12.5. The predicted molar refractivity (Wildman–Crippen MR) is 88.9 cm³/mol. The van der Waals surface area contributed by atoms with Crippen molar-refractivity contribution in [3.8, 4) is 0 Å². The fourth-order valence-corrected chi connectivity index (χ4v) is 4.17. The number of hydrogen-bond acceptors (Lipinski definition) is 2. The van der Waals surface area contributed by atoms with Gasteiger partial charge < -0.3 is 10.2 Å². The zero-order chi connectivity index (χ0) is 17.6. The van der Waals surface area contributed by atoms with Crippen molar-refractivity contribution in [2.24, 2.45) is 16.2 Å². The Balaban J connectivity index is 6.08. The molecule has 0 aliphatic carbocycles. The van der Waals surface area contributed by atoms with E-state index < -0.39 is 17.4 Å². The van der Waals surface area contributed by atoms with Gasteiger partial charge in [0.25, 0.3) is 0 Å². The lowest BCUT2D eigenvalue weighted by molar-refractivity contribution is -0.179. The third-order valence-corrected chi connectivity index (χ3v) is 6.49. The minimum absolute atomic E-state index is 0.0298. The van der Waals surface area contributed by atoms with E-state index in [0.717, 1.165) is 25.7 Å². The molecule has 0 saturated carbocycles. The van der Waals surface area contributed by atoms with Crippen LogP contribution in [0.3, 0.4) is 0 Å². The Hall–Kier alpha value is -1.06.